The number of carbonyl (C=O) groups is 2. The molecule has 4 rings (SSSR count). The lowest BCUT2D eigenvalue weighted by Gasteiger charge is -2.34. The van der Waals surface area contributed by atoms with Gasteiger partial charge in [-0.15, -0.1) is 0 Å². The van der Waals surface area contributed by atoms with Crippen LogP contribution in [0.3, 0.4) is 0 Å². The second kappa shape index (κ2) is 7.94. The third-order valence-corrected chi connectivity index (χ3v) is 5.03. The molecule has 0 radical (unpaired) electrons. The molecule has 0 saturated carbocycles. The fraction of sp³-hybridized carbons (Fsp3) is 0.250. The van der Waals surface area contributed by atoms with Crippen molar-refractivity contribution in [2.24, 2.45) is 0 Å². The minimum atomic E-state index is -0.876. The van der Waals surface area contributed by atoms with E-state index in [1.807, 2.05) is 0 Å². The molecule has 1 aliphatic heterocycles. The quantitative estimate of drug-likeness (QED) is 0.350. The Morgan fingerprint density at radius 1 is 1.10 bits per heavy atom. The minimum Gasteiger partial charge on any atom is -0.493 e. The summed E-state index contributed by atoms with van der Waals surface area (Å²) in [5.74, 6) is -0.621. The van der Waals surface area contributed by atoms with Crippen molar-refractivity contribution >= 4 is 28.5 Å². The molecule has 0 bridgehead atoms. The van der Waals surface area contributed by atoms with Crippen LogP contribution in [-0.4, -0.2) is 59.8 Å². The lowest BCUT2D eigenvalue weighted by atomic mass is 10.1. The van der Waals surface area contributed by atoms with Crippen LogP contribution in [0.25, 0.3) is 11.0 Å². The van der Waals surface area contributed by atoms with Crippen LogP contribution in [-0.2, 0) is 0 Å². The number of methoxy groups -OCH3 is 1. The summed E-state index contributed by atoms with van der Waals surface area (Å²) in [5, 5.41) is 11.4. The predicted molar refractivity (Wildman–Crippen MR) is 106 cm³/mol. The zero-order valence-electron chi connectivity index (χ0n) is 16.4. The van der Waals surface area contributed by atoms with Crippen molar-refractivity contribution in [1.29, 1.82) is 0 Å². The van der Waals surface area contributed by atoms with Crippen LogP contribution in [0.2, 0.25) is 0 Å². The Morgan fingerprint density at radius 2 is 1.77 bits per heavy atom. The van der Waals surface area contributed by atoms with Gasteiger partial charge in [0.05, 0.1) is 24.4 Å². The van der Waals surface area contributed by atoms with Gasteiger partial charge in [-0.1, -0.05) is 0 Å². The van der Waals surface area contributed by atoms with Gasteiger partial charge >= 0.3 is 5.63 Å². The summed E-state index contributed by atoms with van der Waals surface area (Å²) in [5.41, 5.74) is -1.37. The topological polar surface area (TPSA) is 136 Å². The van der Waals surface area contributed by atoms with E-state index >= 15 is 0 Å². The first kappa shape index (κ1) is 20.1. The molecule has 2 aromatic heterocycles. The van der Waals surface area contributed by atoms with Crippen LogP contribution >= 0.6 is 0 Å². The molecule has 1 fully saturated rings. The highest BCUT2D eigenvalue weighted by molar-refractivity contribution is 5.98. The highest BCUT2D eigenvalue weighted by Crippen LogP contribution is 2.30. The average molecular weight is 427 g/mol. The van der Waals surface area contributed by atoms with Gasteiger partial charge in [0.1, 0.15) is 5.56 Å². The van der Waals surface area contributed by atoms with Crippen LogP contribution in [0.4, 0.5) is 5.69 Å². The van der Waals surface area contributed by atoms with Crippen molar-refractivity contribution in [3.8, 4) is 5.75 Å². The zero-order valence-corrected chi connectivity index (χ0v) is 16.4. The summed E-state index contributed by atoms with van der Waals surface area (Å²) in [6, 6.07) is 6.79. The molecule has 2 amide bonds. The van der Waals surface area contributed by atoms with Gasteiger partial charge in [-0.05, 0) is 18.2 Å². The largest absolute Gasteiger partial charge is 0.493 e. The lowest BCUT2D eigenvalue weighted by Crippen LogP contribution is -2.51. The summed E-state index contributed by atoms with van der Waals surface area (Å²) in [4.78, 5) is 51.3. The molecular formula is C20H17N3O8. The third kappa shape index (κ3) is 3.72. The van der Waals surface area contributed by atoms with E-state index in [1.54, 1.807) is 17.0 Å². The number of amides is 2. The zero-order chi connectivity index (χ0) is 22.1. The monoisotopic (exact) mass is 427 g/mol. The molecule has 11 nitrogen and oxygen atoms in total. The standard InChI is InChI=1S/C20H17N3O8/c1-29-16-11-13(23(27)28)9-12-10-14(20(26)31-17(12)16)18(24)21-4-6-22(7-5-21)19(25)15-3-2-8-30-15/h2-3,8-11H,4-7H2,1H3. The summed E-state index contributed by atoms with van der Waals surface area (Å²) >= 11 is 0. The van der Waals surface area contributed by atoms with Crippen molar-refractivity contribution in [1.82, 2.24) is 9.80 Å². The first-order chi connectivity index (χ1) is 14.9. The maximum atomic E-state index is 12.9. The van der Waals surface area contributed by atoms with Crippen LogP contribution in [0.5, 0.6) is 5.75 Å². The van der Waals surface area contributed by atoms with Crippen molar-refractivity contribution in [3.63, 3.8) is 0 Å². The number of carbonyl (C=O) groups excluding carboxylic acids is 2. The Morgan fingerprint density at radius 3 is 2.35 bits per heavy atom. The number of nitro benzene ring substituents is 1. The first-order valence-electron chi connectivity index (χ1n) is 9.31. The van der Waals surface area contributed by atoms with E-state index in [0.29, 0.717) is 0 Å². The van der Waals surface area contributed by atoms with E-state index in [2.05, 4.69) is 0 Å². The Balaban J connectivity index is 1.58. The Bertz CT molecular complexity index is 1220. The van der Waals surface area contributed by atoms with Crippen molar-refractivity contribution < 1.29 is 28.1 Å². The highest BCUT2D eigenvalue weighted by Gasteiger charge is 2.28. The Kier molecular flexibility index (Phi) is 5.15. The van der Waals surface area contributed by atoms with E-state index in [-0.39, 0.29) is 65.8 Å². The molecule has 11 heteroatoms. The summed E-state index contributed by atoms with van der Waals surface area (Å²) in [6.45, 7) is 0.953. The second-order valence-corrected chi connectivity index (χ2v) is 6.83. The minimum absolute atomic E-state index is 0.0171. The smallest absolute Gasteiger partial charge is 0.349 e. The van der Waals surface area contributed by atoms with Crippen molar-refractivity contribution in [2.75, 3.05) is 33.3 Å². The second-order valence-electron chi connectivity index (χ2n) is 6.83. The molecular weight excluding hydrogens is 410 g/mol. The number of nitrogens with zero attached hydrogens (tertiary/aromatic N) is 3. The van der Waals surface area contributed by atoms with Crippen LogP contribution < -0.4 is 10.4 Å². The van der Waals surface area contributed by atoms with E-state index < -0.39 is 16.5 Å². The number of hydrogen-bond acceptors (Lipinski definition) is 8. The molecule has 1 aliphatic rings. The summed E-state index contributed by atoms with van der Waals surface area (Å²) in [7, 11) is 1.29. The first-order valence-corrected chi connectivity index (χ1v) is 9.31. The number of rotatable bonds is 4. The fourth-order valence-corrected chi connectivity index (χ4v) is 3.43. The van der Waals surface area contributed by atoms with Gasteiger partial charge in [0, 0.05) is 37.6 Å². The Labute approximate surface area is 174 Å². The molecule has 1 saturated heterocycles. The number of nitro groups is 1. The van der Waals surface area contributed by atoms with Gasteiger partial charge in [0.15, 0.2) is 17.1 Å². The summed E-state index contributed by atoms with van der Waals surface area (Å²) < 4.78 is 15.4. The number of non-ortho nitro benzene ring substituents is 1. The van der Waals surface area contributed by atoms with E-state index in [4.69, 9.17) is 13.6 Å². The highest BCUT2D eigenvalue weighted by atomic mass is 16.6. The number of benzene rings is 1. The fourth-order valence-electron chi connectivity index (χ4n) is 3.43. The molecule has 0 N–H and O–H groups in total. The van der Waals surface area contributed by atoms with Gasteiger partial charge in [0.25, 0.3) is 17.5 Å². The lowest BCUT2D eigenvalue weighted by molar-refractivity contribution is -0.384. The predicted octanol–water partition coefficient (Wildman–Crippen LogP) is 1.90. The Hall–Kier alpha value is -4.15. The molecule has 0 aliphatic carbocycles. The summed E-state index contributed by atoms with van der Waals surface area (Å²) in [6.07, 6.45) is 1.41. The molecule has 0 atom stereocenters. The van der Waals surface area contributed by atoms with Gasteiger partial charge in [0.2, 0.25) is 0 Å². The molecule has 3 aromatic rings. The van der Waals surface area contributed by atoms with Crippen LogP contribution in [0.15, 0.2) is 50.2 Å². The normalized spacial score (nSPS) is 14.0. The van der Waals surface area contributed by atoms with Crippen molar-refractivity contribution in [2.45, 2.75) is 0 Å². The van der Waals surface area contributed by atoms with E-state index in [9.17, 15) is 24.5 Å². The van der Waals surface area contributed by atoms with Gasteiger partial charge in [-0.3, -0.25) is 19.7 Å². The number of piperazine rings is 1. The molecule has 3 heterocycles. The molecule has 0 spiro atoms. The maximum absolute atomic E-state index is 12.9. The molecule has 1 aromatic carbocycles. The van der Waals surface area contributed by atoms with E-state index in [0.717, 1.165) is 6.07 Å². The molecule has 160 valence electrons. The van der Waals surface area contributed by atoms with Gasteiger partial charge in [-0.2, -0.15) is 0 Å². The van der Waals surface area contributed by atoms with Crippen molar-refractivity contribution in [3.05, 3.63) is 68.5 Å². The van der Waals surface area contributed by atoms with Crippen LogP contribution in [0, 0.1) is 10.1 Å². The number of ether oxygens (including phenoxy) is 1. The van der Waals surface area contributed by atoms with E-state index in [1.165, 1.54) is 30.4 Å². The third-order valence-electron chi connectivity index (χ3n) is 5.03. The number of furan rings is 1. The SMILES string of the molecule is COc1cc([N+](=O)[O-])cc2cc(C(=O)N3CCN(C(=O)c4ccco4)CC3)c(=O)oc12. The maximum Gasteiger partial charge on any atom is 0.349 e. The average Bonchev–Trinajstić information content (AvgIpc) is 3.32. The molecule has 31 heavy (non-hydrogen) atoms. The van der Waals surface area contributed by atoms with Gasteiger partial charge < -0.3 is 23.4 Å². The number of hydrogen-bond donors (Lipinski definition) is 0. The molecule has 0 unspecified atom stereocenters. The number of fused-ring (bicyclic) bond motifs is 1. The van der Waals surface area contributed by atoms with Crippen LogP contribution in [0.1, 0.15) is 20.9 Å². The van der Waals surface area contributed by atoms with Gasteiger partial charge in [-0.25, -0.2) is 4.79 Å².